The summed E-state index contributed by atoms with van der Waals surface area (Å²) in [5.74, 6) is -0.336. The van der Waals surface area contributed by atoms with Gasteiger partial charge in [0.15, 0.2) is 5.11 Å². The van der Waals surface area contributed by atoms with Gasteiger partial charge in [0.05, 0.1) is 18.2 Å². The van der Waals surface area contributed by atoms with Gasteiger partial charge < -0.3 is 19.7 Å². The Labute approximate surface area is 148 Å². The molecule has 0 aliphatic carbocycles. The molecule has 24 heavy (non-hydrogen) atoms. The van der Waals surface area contributed by atoms with Crippen LogP contribution in [0.25, 0.3) is 0 Å². The molecule has 0 fully saturated rings. The van der Waals surface area contributed by atoms with Crippen LogP contribution >= 0.6 is 12.2 Å². The second-order valence-corrected chi connectivity index (χ2v) is 5.98. The summed E-state index contributed by atoms with van der Waals surface area (Å²) in [6.07, 6.45) is 0. The minimum atomic E-state index is -0.336. The number of thiocarbonyl (C=S) groups is 1. The summed E-state index contributed by atoms with van der Waals surface area (Å²) in [6.45, 7) is 8.79. The number of esters is 1. The third-order valence-corrected chi connectivity index (χ3v) is 4.20. The van der Waals surface area contributed by atoms with E-state index in [4.69, 9.17) is 21.7 Å². The molecule has 1 atom stereocenters. The van der Waals surface area contributed by atoms with E-state index in [1.165, 1.54) is 0 Å². The molecule has 0 saturated heterocycles. The van der Waals surface area contributed by atoms with Crippen LogP contribution < -0.4 is 5.32 Å². The SMILES string of the molecule is CCOCN1C(=S)NC(C)=C(C(=O)OCC)C1c1ccc(C)cc1. The highest BCUT2D eigenvalue weighted by Crippen LogP contribution is 2.34. The third kappa shape index (κ3) is 3.94. The van der Waals surface area contributed by atoms with Crippen molar-refractivity contribution in [3.8, 4) is 0 Å². The zero-order chi connectivity index (χ0) is 17.7. The van der Waals surface area contributed by atoms with Gasteiger partial charge in [0.2, 0.25) is 0 Å². The topological polar surface area (TPSA) is 50.8 Å². The smallest absolute Gasteiger partial charge is 0.338 e. The Bertz CT molecular complexity index is 640. The zero-order valence-corrected chi connectivity index (χ0v) is 15.4. The maximum Gasteiger partial charge on any atom is 0.338 e. The van der Waals surface area contributed by atoms with Crippen molar-refractivity contribution in [3.05, 3.63) is 46.7 Å². The molecule has 0 amide bonds. The van der Waals surface area contributed by atoms with Crippen LogP contribution in [0.3, 0.4) is 0 Å². The quantitative estimate of drug-likeness (QED) is 0.630. The van der Waals surface area contributed by atoms with Crippen LogP contribution in [-0.4, -0.2) is 35.9 Å². The van der Waals surface area contributed by atoms with Crippen LogP contribution in [0.4, 0.5) is 0 Å². The van der Waals surface area contributed by atoms with Crippen molar-refractivity contribution in [2.75, 3.05) is 19.9 Å². The van der Waals surface area contributed by atoms with Gasteiger partial charge in [-0.05, 0) is 45.5 Å². The van der Waals surface area contributed by atoms with Gasteiger partial charge in [-0.2, -0.15) is 0 Å². The Hall–Kier alpha value is -1.92. The summed E-state index contributed by atoms with van der Waals surface area (Å²) >= 11 is 5.47. The molecule has 1 N–H and O–H groups in total. The van der Waals surface area contributed by atoms with E-state index >= 15 is 0 Å². The Kier molecular flexibility index (Phi) is 6.34. The zero-order valence-electron chi connectivity index (χ0n) is 14.6. The average molecular weight is 348 g/mol. The number of carbonyl (C=O) groups is 1. The summed E-state index contributed by atoms with van der Waals surface area (Å²) in [7, 11) is 0. The predicted octanol–water partition coefficient (Wildman–Crippen LogP) is 3.06. The fourth-order valence-corrected chi connectivity index (χ4v) is 2.98. The number of aryl methyl sites for hydroxylation is 1. The largest absolute Gasteiger partial charge is 0.463 e. The van der Waals surface area contributed by atoms with E-state index in [0.717, 1.165) is 16.8 Å². The number of rotatable bonds is 6. The Morgan fingerprint density at radius 1 is 1.21 bits per heavy atom. The molecular weight excluding hydrogens is 324 g/mol. The number of nitrogens with zero attached hydrogens (tertiary/aromatic N) is 1. The number of benzene rings is 1. The molecule has 0 saturated carbocycles. The molecule has 0 aromatic heterocycles. The maximum absolute atomic E-state index is 12.6. The van der Waals surface area contributed by atoms with Gasteiger partial charge in [-0.25, -0.2) is 4.79 Å². The molecule has 2 rings (SSSR count). The van der Waals surface area contributed by atoms with Crippen LogP contribution in [0.15, 0.2) is 35.5 Å². The number of nitrogens with one attached hydrogen (secondary N) is 1. The standard InChI is InChI=1S/C18H24N2O3S/c1-5-22-11-20-16(14-9-7-12(3)8-10-14)15(17(21)23-6-2)13(4)19-18(20)24/h7-10,16H,5-6,11H2,1-4H3,(H,19,24). The van der Waals surface area contributed by atoms with Crippen LogP contribution in [0.5, 0.6) is 0 Å². The molecule has 0 radical (unpaired) electrons. The van der Waals surface area contributed by atoms with E-state index in [9.17, 15) is 4.79 Å². The number of ether oxygens (including phenoxy) is 2. The third-order valence-electron chi connectivity index (χ3n) is 3.87. The molecule has 6 heteroatoms. The van der Waals surface area contributed by atoms with Crippen molar-refractivity contribution in [2.24, 2.45) is 0 Å². The molecular formula is C18H24N2O3S. The predicted molar refractivity (Wildman–Crippen MR) is 97.3 cm³/mol. The highest BCUT2D eigenvalue weighted by Gasteiger charge is 2.36. The van der Waals surface area contributed by atoms with Crippen LogP contribution in [0.1, 0.15) is 37.9 Å². The summed E-state index contributed by atoms with van der Waals surface area (Å²) in [4.78, 5) is 14.4. The number of carbonyl (C=O) groups excluding carboxylic acids is 1. The Morgan fingerprint density at radius 3 is 2.46 bits per heavy atom. The molecule has 1 aliphatic heterocycles. The average Bonchev–Trinajstić information content (AvgIpc) is 2.54. The summed E-state index contributed by atoms with van der Waals surface area (Å²) in [5, 5.41) is 3.64. The molecule has 5 nitrogen and oxygen atoms in total. The van der Waals surface area contributed by atoms with E-state index in [0.29, 0.717) is 30.6 Å². The van der Waals surface area contributed by atoms with Crippen molar-refractivity contribution < 1.29 is 14.3 Å². The Morgan fingerprint density at radius 2 is 1.88 bits per heavy atom. The van der Waals surface area contributed by atoms with E-state index in [-0.39, 0.29) is 12.0 Å². The monoisotopic (exact) mass is 348 g/mol. The van der Waals surface area contributed by atoms with Crippen molar-refractivity contribution in [1.29, 1.82) is 0 Å². The van der Waals surface area contributed by atoms with Gasteiger partial charge >= 0.3 is 5.97 Å². The van der Waals surface area contributed by atoms with Crippen molar-refractivity contribution in [2.45, 2.75) is 33.7 Å². The molecule has 1 unspecified atom stereocenters. The van der Waals surface area contributed by atoms with Crippen LogP contribution in [0.2, 0.25) is 0 Å². The highest BCUT2D eigenvalue weighted by atomic mass is 32.1. The van der Waals surface area contributed by atoms with Crippen molar-refractivity contribution in [1.82, 2.24) is 10.2 Å². The van der Waals surface area contributed by atoms with Crippen LogP contribution in [0, 0.1) is 6.92 Å². The van der Waals surface area contributed by atoms with E-state index < -0.39 is 0 Å². The molecule has 1 heterocycles. The van der Waals surface area contributed by atoms with Gasteiger partial charge in [-0.1, -0.05) is 29.8 Å². The summed E-state index contributed by atoms with van der Waals surface area (Å²) in [5.41, 5.74) is 3.42. The lowest BCUT2D eigenvalue weighted by Crippen LogP contribution is -2.49. The lowest BCUT2D eigenvalue weighted by atomic mass is 9.93. The molecule has 130 valence electrons. The fraction of sp³-hybridized carbons (Fsp3) is 0.444. The molecule has 0 bridgehead atoms. The summed E-state index contributed by atoms with van der Waals surface area (Å²) in [6, 6.07) is 7.75. The van der Waals surface area contributed by atoms with Gasteiger partial charge in [-0.15, -0.1) is 0 Å². The van der Waals surface area contributed by atoms with Crippen molar-refractivity contribution in [3.63, 3.8) is 0 Å². The molecule has 1 aliphatic rings. The maximum atomic E-state index is 12.6. The van der Waals surface area contributed by atoms with Crippen molar-refractivity contribution >= 4 is 23.3 Å². The second kappa shape index (κ2) is 8.26. The van der Waals surface area contributed by atoms with Crippen LogP contribution in [-0.2, 0) is 14.3 Å². The lowest BCUT2D eigenvalue weighted by molar-refractivity contribution is -0.139. The highest BCUT2D eigenvalue weighted by molar-refractivity contribution is 7.80. The minimum Gasteiger partial charge on any atom is -0.463 e. The normalized spacial score (nSPS) is 17.8. The minimum absolute atomic E-state index is 0.303. The molecule has 0 spiro atoms. The number of allylic oxidation sites excluding steroid dienone is 1. The first-order valence-electron chi connectivity index (χ1n) is 8.09. The van der Waals surface area contributed by atoms with E-state index in [1.807, 2.05) is 49.9 Å². The second-order valence-electron chi connectivity index (χ2n) is 5.59. The van der Waals surface area contributed by atoms with Gasteiger partial charge in [0, 0.05) is 12.3 Å². The molecule has 1 aromatic carbocycles. The number of hydrogen-bond acceptors (Lipinski definition) is 4. The fourth-order valence-electron chi connectivity index (χ4n) is 2.67. The molecule has 1 aromatic rings. The first kappa shape index (κ1) is 18.4. The Balaban J connectivity index is 2.50. The van der Waals surface area contributed by atoms with E-state index in [2.05, 4.69) is 5.32 Å². The van der Waals surface area contributed by atoms with Gasteiger partial charge in [0.1, 0.15) is 6.73 Å². The van der Waals surface area contributed by atoms with Gasteiger partial charge in [-0.3, -0.25) is 0 Å². The van der Waals surface area contributed by atoms with E-state index in [1.54, 1.807) is 6.92 Å². The lowest BCUT2D eigenvalue weighted by Gasteiger charge is -2.39. The number of hydrogen-bond donors (Lipinski definition) is 1. The summed E-state index contributed by atoms with van der Waals surface area (Å²) < 4.78 is 10.8. The first-order chi connectivity index (χ1) is 11.5. The van der Waals surface area contributed by atoms with Gasteiger partial charge in [0.25, 0.3) is 0 Å². The first-order valence-corrected chi connectivity index (χ1v) is 8.50.